The Bertz CT molecular complexity index is 794. The summed E-state index contributed by atoms with van der Waals surface area (Å²) in [4.78, 5) is 16.9. The average Bonchev–Trinajstić information content (AvgIpc) is 2.55. The van der Waals surface area contributed by atoms with E-state index in [4.69, 9.17) is 50.1 Å². The van der Waals surface area contributed by atoms with Crippen LogP contribution in [0, 0.1) is 0 Å². The minimum Gasteiger partial charge on any atom is -0.496 e. The summed E-state index contributed by atoms with van der Waals surface area (Å²) in [5.74, 6) is -0.341. The maximum atomic E-state index is 12.1. The molecule has 2 aromatic carbocycles. The zero-order valence-corrected chi connectivity index (χ0v) is 14.8. The molecule has 2 N–H and O–H groups in total. The van der Waals surface area contributed by atoms with E-state index in [0.29, 0.717) is 26.4 Å². The summed E-state index contributed by atoms with van der Waals surface area (Å²) in [6, 6.07) is 9.56. The van der Waals surface area contributed by atoms with Crippen LogP contribution in [0.2, 0.25) is 15.1 Å². The van der Waals surface area contributed by atoms with Gasteiger partial charge in [0.15, 0.2) is 0 Å². The Morgan fingerprint density at radius 2 is 1.79 bits per heavy atom. The van der Waals surface area contributed by atoms with Gasteiger partial charge in [0.05, 0.1) is 7.11 Å². The van der Waals surface area contributed by atoms with Gasteiger partial charge in [-0.2, -0.15) is 0 Å². The Balaban J connectivity index is 2.09. The van der Waals surface area contributed by atoms with E-state index in [1.807, 2.05) is 0 Å². The third-order valence-electron chi connectivity index (χ3n) is 3.01. The van der Waals surface area contributed by atoms with Crippen molar-refractivity contribution >= 4 is 46.6 Å². The third-order valence-corrected chi connectivity index (χ3v) is 3.84. The minimum atomic E-state index is -0.737. The molecule has 0 aliphatic rings. The van der Waals surface area contributed by atoms with Gasteiger partial charge in [0.2, 0.25) is 0 Å². The van der Waals surface area contributed by atoms with Crippen molar-refractivity contribution in [1.29, 1.82) is 0 Å². The summed E-state index contributed by atoms with van der Waals surface area (Å²) in [7, 11) is 1.43. The van der Waals surface area contributed by atoms with E-state index >= 15 is 0 Å². The number of benzene rings is 2. The quantitative estimate of drug-likeness (QED) is 0.359. The highest BCUT2D eigenvalue weighted by Crippen LogP contribution is 2.24. The molecule has 0 saturated carbocycles. The summed E-state index contributed by atoms with van der Waals surface area (Å²) in [5.41, 5.74) is 6.61. The lowest BCUT2D eigenvalue weighted by atomic mass is 10.1. The Morgan fingerprint density at radius 1 is 1.12 bits per heavy atom. The predicted octanol–water partition coefficient (Wildman–Crippen LogP) is 4.33. The molecule has 0 spiro atoms. The second kappa shape index (κ2) is 8.24. The van der Waals surface area contributed by atoms with E-state index in [1.54, 1.807) is 30.3 Å². The van der Waals surface area contributed by atoms with Gasteiger partial charge in [-0.3, -0.25) is 0 Å². The summed E-state index contributed by atoms with van der Waals surface area (Å²) < 4.78 is 5.08. The van der Waals surface area contributed by atoms with Crippen LogP contribution < -0.4 is 10.5 Å². The molecule has 0 heterocycles. The number of oxime groups is 1. The van der Waals surface area contributed by atoms with Crippen molar-refractivity contribution in [3.8, 4) is 5.75 Å². The minimum absolute atomic E-state index is 0.0774. The molecule has 24 heavy (non-hydrogen) atoms. The fourth-order valence-corrected chi connectivity index (χ4v) is 2.53. The molecule has 0 saturated heterocycles. The standard InChI is InChI=1S/C16H13Cl3N2O3/c1-23-14-5-4-10(17)7-12(14)16(22)24-21-15(20)6-9-2-3-11(18)8-13(9)19/h2-5,7-8H,6H2,1H3,(H2,20,21). The van der Waals surface area contributed by atoms with Crippen LogP contribution in [0.4, 0.5) is 0 Å². The SMILES string of the molecule is COc1ccc(Cl)cc1C(=O)ON=C(N)Cc1ccc(Cl)cc1Cl. The number of nitrogens with two attached hydrogens (primary N) is 1. The maximum Gasteiger partial charge on any atom is 0.369 e. The van der Waals surface area contributed by atoms with Gasteiger partial charge in [0.25, 0.3) is 0 Å². The molecule has 0 aliphatic carbocycles. The van der Waals surface area contributed by atoms with Gasteiger partial charge in [-0.25, -0.2) is 4.79 Å². The first-order valence-electron chi connectivity index (χ1n) is 6.72. The number of ether oxygens (including phenoxy) is 1. The van der Waals surface area contributed by atoms with Crippen LogP contribution in [0.3, 0.4) is 0 Å². The fourth-order valence-electron chi connectivity index (χ4n) is 1.88. The van der Waals surface area contributed by atoms with E-state index < -0.39 is 5.97 Å². The molecule has 0 unspecified atom stereocenters. The van der Waals surface area contributed by atoms with Gasteiger partial charge < -0.3 is 15.3 Å². The van der Waals surface area contributed by atoms with Crippen LogP contribution in [-0.2, 0) is 11.3 Å². The van der Waals surface area contributed by atoms with E-state index in [-0.39, 0.29) is 17.8 Å². The van der Waals surface area contributed by atoms with Crippen molar-refractivity contribution in [1.82, 2.24) is 0 Å². The lowest BCUT2D eigenvalue weighted by molar-refractivity contribution is 0.0511. The van der Waals surface area contributed by atoms with Crippen LogP contribution >= 0.6 is 34.8 Å². The van der Waals surface area contributed by atoms with E-state index in [2.05, 4.69) is 5.16 Å². The molecule has 8 heteroatoms. The smallest absolute Gasteiger partial charge is 0.369 e. The Hall–Kier alpha value is -1.95. The summed E-state index contributed by atoms with van der Waals surface area (Å²) in [6.45, 7) is 0. The van der Waals surface area contributed by atoms with Gasteiger partial charge in [0, 0.05) is 21.5 Å². The maximum absolute atomic E-state index is 12.1. The fraction of sp³-hybridized carbons (Fsp3) is 0.125. The molecule has 0 amide bonds. The molecule has 0 radical (unpaired) electrons. The number of nitrogens with zero attached hydrogens (tertiary/aromatic N) is 1. The molecule has 0 aliphatic heterocycles. The highest BCUT2D eigenvalue weighted by atomic mass is 35.5. The van der Waals surface area contributed by atoms with Crippen LogP contribution in [0.15, 0.2) is 41.6 Å². The highest BCUT2D eigenvalue weighted by molar-refractivity contribution is 6.35. The molecule has 0 fully saturated rings. The second-order valence-corrected chi connectivity index (χ2v) is 6.00. The Kier molecular flexibility index (Phi) is 6.31. The zero-order valence-electron chi connectivity index (χ0n) is 12.6. The number of methoxy groups -OCH3 is 1. The largest absolute Gasteiger partial charge is 0.496 e. The van der Waals surface area contributed by atoms with Crippen molar-refractivity contribution < 1.29 is 14.4 Å². The first-order valence-corrected chi connectivity index (χ1v) is 7.85. The van der Waals surface area contributed by atoms with Gasteiger partial charge in [0.1, 0.15) is 17.1 Å². The topological polar surface area (TPSA) is 73.9 Å². The molecular weight excluding hydrogens is 375 g/mol. The molecule has 0 bridgehead atoms. The molecule has 2 aromatic rings. The number of hydrogen-bond donors (Lipinski definition) is 1. The Labute approximate surface area is 153 Å². The monoisotopic (exact) mass is 386 g/mol. The van der Waals surface area contributed by atoms with E-state index in [0.717, 1.165) is 0 Å². The van der Waals surface area contributed by atoms with Crippen molar-refractivity contribution in [3.05, 3.63) is 62.6 Å². The molecule has 0 atom stereocenters. The lowest BCUT2D eigenvalue weighted by Crippen LogP contribution is -2.17. The lowest BCUT2D eigenvalue weighted by Gasteiger charge is -2.07. The van der Waals surface area contributed by atoms with Crippen LogP contribution in [0.25, 0.3) is 0 Å². The van der Waals surface area contributed by atoms with Crippen molar-refractivity contribution in [2.24, 2.45) is 10.9 Å². The molecular formula is C16H13Cl3N2O3. The van der Waals surface area contributed by atoms with Crippen LogP contribution in [0.5, 0.6) is 5.75 Å². The number of hydrogen-bond acceptors (Lipinski definition) is 4. The molecule has 126 valence electrons. The average molecular weight is 388 g/mol. The van der Waals surface area contributed by atoms with Gasteiger partial charge in [-0.05, 0) is 35.9 Å². The summed E-state index contributed by atoms with van der Waals surface area (Å²) in [6.07, 6.45) is 0.204. The summed E-state index contributed by atoms with van der Waals surface area (Å²) >= 11 is 17.8. The summed E-state index contributed by atoms with van der Waals surface area (Å²) in [5, 5.41) is 4.95. The second-order valence-electron chi connectivity index (χ2n) is 4.72. The van der Waals surface area contributed by atoms with E-state index in [1.165, 1.54) is 13.2 Å². The first-order chi connectivity index (χ1) is 11.4. The number of rotatable bonds is 5. The van der Waals surface area contributed by atoms with Gasteiger partial charge in [-0.1, -0.05) is 46.0 Å². The molecule has 2 rings (SSSR count). The Morgan fingerprint density at radius 3 is 2.46 bits per heavy atom. The van der Waals surface area contributed by atoms with Crippen molar-refractivity contribution in [2.75, 3.05) is 7.11 Å². The highest BCUT2D eigenvalue weighted by Gasteiger charge is 2.15. The number of amidine groups is 1. The van der Waals surface area contributed by atoms with Crippen LogP contribution in [0.1, 0.15) is 15.9 Å². The van der Waals surface area contributed by atoms with Crippen molar-refractivity contribution in [3.63, 3.8) is 0 Å². The van der Waals surface area contributed by atoms with Gasteiger partial charge >= 0.3 is 5.97 Å². The number of halogens is 3. The number of carbonyl (C=O) groups excluding carboxylic acids is 1. The number of carbonyl (C=O) groups is 1. The van der Waals surface area contributed by atoms with Crippen LogP contribution in [-0.4, -0.2) is 18.9 Å². The zero-order chi connectivity index (χ0) is 17.7. The van der Waals surface area contributed by atoms with E-state index in [9.17, 15) is 4.79 Å². The first kappa shape index (κ1) is 18.4. The third kappa shape index (κ3) is 4.77. The van der Waals surface area contributed by atoms with Crippen molar-refractivity contribution in [2.45, 2.75) is 6.42 Å². The van der Waals surface area contributed by atoms with Gasteiger partial charge in [-0.15, -0.1) is 0 Å². The molecule has 5 nitrogen and oxygen atoms in total. The molecule has 0 aromatic heterocycles. The predicted molar refractivity (Wildman–Crippen MR) is 95.2 cm³/mol. The normalized spacial score (nSPS) is 11.2.